The number of fused-ring (bicyclic) bond motifs is 6. The van der Waals surface area contributed by atoms with Crippen molar-refractivity contribution in [2.45, 2.75) is 0 Å². The summed E-state index contributed by atoms with van der Waals surface area (Å²) in [7, 11) is 3.31. The zero-order valence-corrected chi connectivity index (χ0v) is 19.3. The first-order valence-electron chi connectivity index (χ1n) is 11.5. The average molecular weight is 462 g/mol. The highest BCUT2D eigenvalue weighted by atomic mass is 16.7. The summed E-state index contributed by atoms with van der Waals surface area (Å²) in [6.45, 7) is 5.43. The van der Waals surface area contributed by atoms with Crippen molar-refractivity contribution in [2.75, 3.05) is 65.7 Å². The van der Waals surface area contributed by atoms with E-state index in [-0.39, 0.29) is 6.79 Å². The van der Waals surface area contributed by atoms with Gasteiger partial charge in [0.15, 0.2) is 23.0 Å². The topological polar surface area (TPSA) is 74.3 Å². The van der Waals surface area contributed by atoms with Crippen LogP contribution in [0.1, 0.15) is 0 Å². The normalized spacial score (nSPS) is 15.8. The van der Waals surface area contributed by atoms with E-state index in [2.05, 4.69) is 22.3 Å². The van der Waals surface area contributed by atoms with E-state index >= 15 is 0 Å². The fourth-order valence-electron chi connectivity index (χ4n) is 4.80. The van der Waals surface area contributed by atoms with E-state index in [0.29, 0.717) is 11.5 Å². The van der Waals surface area contributed by atoms with E-state index in [0.717, 1.165) is 89.2 Å². The molecule has 4 aromatic rings. The van der Waals surface area contributed by atoms with Crippen LogP contribution in [0.25, 0.3) is 32.4 Å². The van der Waals surface area contributed by atoms with Crippen molar-refractivity contribution in [3.05, 3.63) is 36.4 Å². The van der Waals surface area contributed by atoms with Crippen molar-refractivity contribution in [3.8, 4) is 23.0 Å². The molecule has 3 heterocycles. The number of aromatic nitrogens is 1. The molecule has 8 nitrogen and oxygen atoms in total. The number of hydrogen-bond acceptors (Lipinski definition) is 8. The van der Waals surface area contributed by atoms with Crippen LogP contribution in [-0.2, 0) is 4.74 Å². The van der Waals surface area contributed by atoms with Gasteiger partial charge in [0, 0.05) is 42.3 Å². The largest absolute Gasteiger partial charge is 0.493 e. The average Bonchev–Trinajstić information content (AvgIpc) is 3.34. The quantitative estimate of drug-likeness (QED) is 0.432. The Morgan fingerprint density at radius 2 is 1.62 bits per heavy atom. The van der Waals surface area contributed by atoms with E-state index in [1.807, 2.05) is 24.3 Å². The molecule has 3 aromatic carbocycles. The lowest BCUT2D eigenvalue weighted by Gasteiger charge is -2.26. The molecule has 0 aliphatic carbocycles. The van der Waals surface area contributed by atoms with Gasteiger partial charge in [-0.3, -0.25) is 4.90 Å². The van der Waals surface area contributed by atoms with Crippen molar-refractivity contribution >= 4 is 38.3 Å². The number of benzene rings is 3. The number of ether oxygens (including phenoxy) is 5. The zero-order valence-electron chi connectivity index (χ0n) is 19.3. The number of pyridine rings is 1. The number of nitrogens with one attached hydrogen (secondary N) is 1. The smallest absolute Gasteiger partial charge is 0.231 e. The lowest BCUT2D eigenvalue weighted by atomic mass is 10.00. The summed E-state index contributed by atoms with van der Waals surface area (Å²) in [4.78, 5) is 7.53. The molecule has 0 radical (unpaired) electrons. The van der Waals surface area contributed by atoms with Gasteiger partial charge < -0.3 is 29.0 Å². The third-order valence-electron chi connectivity index (χ3n) is 6.60. The minimum atomic E-state index is 0.241. The lowest BCUT2D eigenvalue weighted by molar-refractivity contribution is 0.0398. The summed E-state index contributed by atoms with van der Waals surface area (Å²) in [5.41, 5.74) is 0.907. The van der Waals surface area contributed by atoms with Gasteiger partial charge in [0.2, 0.25) is 6.79 Å². The molecule has 1 fully saturated rings. The molecular formula is C26H27N3O5. The fraction of sp³-hybridized carbons (Fsp3) is 0.346. The Morgan fingerprint density at radius 3 is 2.38 bits per heavy atom. The van der Waals surface area contributed by atoms with Crippen LogP contribution in [0.4, 0.5) is 5.82 Å². The molecule has 0 atom stereocenters. The number of methoxy groups -OCH3 is 2. The second-order valence-corrected chi connectivity index (χ2v) is 8.48. The first-order chi connectivity index (χ1) is 16.7. The van der Waals surface area contributed by atoms with Gasteiger partial charge in [-0.1, -0.05) is 12.1 Å². The Balaban J connectivity index is 1.51. The molecule has 0 unspecified atom stereocenters. The maximum Gasteiger partial charge on any atom is 0.231 e. The number of nitrogens with zero attached hydrogens (tertiary/aromatic N) is 2. The van der Waals surface area contributed by atoms with Gasteiger partial charge >= 0.3 is 0 Å². The van der Waals surface area contributed by atoms with Crippen LogP contribution >= 0.6 is 0 Å². The molecular weight excluding hydrogens is 434 g/mol. The van der Waals surface area contributed by atoms with Crippen LogP contribution in [0.15, 0.2) is 36.4 Å². The van der Waals surface area contributed by atoms with E-state index < -0.39 is 0 Å². The van der Waals surface area contributed by atoms with Crippen LogP contribution in [0, 0.1) is 0 Å². The van der Waals surface area contributed by atoms with E-state index in [1.54, 1.807) is 14.2 Å². The Hall–Kier alpha value is -3.49. The molecule has 0 saturated carbocycles. The summed E-state index contributed by atoms with van der Waals surface area (Å²) in [5.74, 6) is 3.70. The summed E-state index contributed by atoms with van der Waals surface area (Å²) in [6.07, 6.45) is 0. The second-order valence-electron chi connectivity index (χ2n) is 8.48. The maximum absolute atomic E-state index is 5.65. The molecule has 0 bridgehead atoms. The highest BCUT2D eigenvalue weighted by molar-refractivity contribution is 6.18. The van der Waals surface area contributed by atoms with Crippen LogP contribution in [0.2, 0.25) is 0 Å². The Labute approximate surface area is 197 Å². The lowest BCUT2D eigenvalue weighted by Crippen LogP contribution is -2.39. The van der Waals surface area contributed by atoms with E-state index in [9.17, 15) is 0 Å². The summed E-state index contributed by atoms with van der Waals surface area (Å²) in [6, 6.07) is 12.3. The minimum absolute atomic E-state index is 0.241. The maximum atomic E-state index is 5.65. The minimum Gasteiger partial charge on any atom is -0.493 e. The predicted octanol–water partition coefficient (Wildman–Crippen LogP) is 4.03. The summed E-state index contributed by atoms with van der Waals surface area (Å²) >= 11 is 0. The molecule has 8 heteroatoms. The molecule has 0 amide bonds. The van der Waals surface area contributed by atoms with Gasteiger partial charge in [0.1, 0.15) is 5.82 Å². The van der Waals surface area contributed by atoms with Gasteiger partial charge in [-0.2, -0.15) is 0 Å². The van der Waals surface area contributed by atoms with Crippen molar-refractivity contribution in [1.29, 1.82) is 0 Å². The third kappa shape index (κ3) is 3.59. The van der Waals surface area contributed by atoms with Gasteiger partial charge in [-0.25, -0.2) is 4.98 Å². The van der Waals surface area contributed by atoms with Gasteiger partial charge in [0.05, 0.1) is 33.0 Å². The second kappa shape index (κ2) is 8.70. The van der Waals surface area contributed by atoms with Crippen molar-refractivity contribution in [1.82, 2.24) is 9.88 Å². The molecule has 2 aliphatic rings. The van der Waals surface area contributed by atoms with Gasteiger partial charge in [-0.15, -0.1) is 0 Å². The van der Waals surface area contributed by atoms with E-state index in [4.69, 9.17) is 28.7 Å². The summed E-state index contributed by atoms with van der Waals surface area (Å²) in [5, 5.41) is 8.76. The SMILES string of the molecule is COc1cc2c(NCCN3CCOCC3)nc3c4cc5c(cc4ccc3c2cc1OC)OCO5. The first kappa shape index (κ1) is 21.1. The molecule has 1 N–H and O–H groups in total. The molecule has 1 saturated heterocycles. The number of hydrogen-bond donors (Lipinski definition) is 1. The van der Waals surface area contributed by atoms with Crippen molar-refractivity contribution < 1.29 is 23.7 Å². The van der Waals surface area contributed by atoms with Crippen LogP contribution in [0.3, 0.4) is 0 Å². The molecule has 2 aliphatic heterocycles. The Bertz CT molecular complexity index is 1380. The molecule has 0 spiro atoms. The molecule has 176 valence electrons. The molecule has 6 rings (SSSR count). The van der Waals surface area contributed by atoms with Gasteiger partial charge in [-0.05, 0) is 35.0 Å². The number of anilines is 1. The van der Waals surface area contributed by atoms with Crippen LogP contribution in [-0.4, -0.2) is 70.3 Å². The first-order valence-corrected chi connectivity index (χ1v) is 11.5. The highest BCUT2D eigenvalue weighted by Crippen LogP contribution is 2.42. The standard InChI is InChI=1S/C26H27N3O5/c1-30-21-13-19-17-4-3-16-11-23-24(34-15-33-23)12-18(16)25(17)28-26(20(19)14-22(21)31-2)27-5-6-29-7-9-32-10-8-29/h3-4,11-14H,5-10,15H2,1-2H3,(H,27,28). The summed E-state index contributed by atoms with van der Waals surface area (Å²) < 4.78 is 27.9. The fourth-order valence-corrected chi connectivity index (χ4v) is 4.80. The third-order valence-corrected chi connectivity index (χ3v) is 6.60. The number of rotatable bonds is 6. The monoisotopic (exact) mass is 461 g/mol. The van der Waals surface area contributed by atoms with E-state index in [1.165, 1.54) is 0 Å². The van der Waals surface area contributed by atoms with Crippen molar-refractivity contribution in [3.63, 3.8) is 0 Å². The highest BCUT2D eigenvalue weighted by Gasteiger charge is 2.19. The Morgan fingerprint density at radius 1 is 0.882 bits per heavy atom. The molecule has 34 heavy (non-hydrogen) atoms. The Kier molecular flexibility index (Phi) is 5.39. The molecule has 1 aromatic heterocycles. The van der Waals surface area contributed by atoms with Crippen LogP contribution < -0.4 is 24.3 Å². The van der Waals surface area contributed by atoms with Crippen molar-refractivity contribution in [2.24, 2.45) is 0 Å². The predicted molar refractivity (Wildman–Crippen MR) is 132 cm³/mol. The van der Waals surface area contributed by atoms with Gasteiger partial charge in [0.25, 0.3) is 0 Å². The zero-order chi connectivity index (χ0) is 23.1. The van der Waals surface area contributed by atoms with Crippen LogP contribution in [0.5, 0.6) is 23.0 Å². The number of morpholine rings is 1.